The Bertz CT molecular complexity index is 637. The topological polar surface area (TPSA) is 66.8 Å². The zero-order valence-electron chi connectivity index (χ0n) is 20.4. The van der Waals surface area contributed by atoms with Crippen molar-refractivity contribution in [1.29, 1.82) is 0 Å². The first-order valence-electron chi connectivity index (χ1n) is 12.8. The lowest BCUT2D eigenvalue weighted by Crippen LogP contribution is -2.27. The van der Waals surface area contributed by atoms with Gasteiger partial charge < -0.3 is 14.5 Å². The summed E-state index contributed by atoms with van der Waals surface area (Å²) in [6.45, 7) is 4.03. The number of aliphatic hydroxyl groups is 1. The van der Waals surface area contributed by atoms with Crippen molar-refractivity contribution in [2.24, 2.45) is 0 Å². The van der Waals surface area contributed by atoms with Crippen LogP contribution in [0.5, 0.6) is 0 Å². The minimum atomic E-state index is -4.19. The van der Waals surface area contributed by atoms with Crippen LogP contribution in [0.15, 0.2) is 24.3 Å². The van der Waals surface area contributed by atoms with Crippen molar-refractivity contribution >= 4 is 30.2 Å². The van der Waals surface area contributed by atoms with E-state index in [9.17, 15) is 14.6 Å². The Balaban J connectivity index is 2.23. The molecule has 1 aromatic carbocycles. The fourth-order valence-electron chi connectivity index (χ4n) is 4.19. The van der Waals surface area contributed by atoms with Crippen LogP contribution in [0.25, 0.3) is 0 Å². The van der Waals surface area contributed by atoms with Gasteiger partial charge in [-0.15, -0.1) is 0 Å². The van der Waals surface area contributed by atoms with Gasteiger partial charge in [0, 0.05) is 3.57 Å². The fourth-order valence-corrected chi connectivity index (χ4v) is 6.03. The van der Waals surface area contributed by atoms with Gasteiger partial charge in [0.15, 0.2) is 5.34 Å². The Hall–Kier alpha value is 0.0600. The third-order valence-electron chi connectivity index (χ3n) is 6.21. The fraction of sp³-hybridized carbons (Fsp3) is 0.769. The molecule has 4 nitrogen and oxygen atoms in total. The molecule has 6 heteroatoms. The summed E-state index contributed by atoms with van der Waals surface area (Å²) in [5.41, 5.74) is 0.461. The second kappa shape index (κ2) is 17.5. The lowest BCUT2D eigenvalue weighted by molar-refractivity contribution is 0.0673. The van der Waals surface area contributed by atoms with Crippen LogP contribution in [-0.2, 0) is 14.4 Å². The van der Waals surface area contributed by atoms with Crippen LogP contribution in [0, 0.1) is 3.57 Å². The van der Waals surface area contributed by atoms with Gasteiger partial charge in [0.2, 0.25) is 0 Å². The van der Waals surface area contributed by atoms with Gasteiger partial charge in [0.1, 0.15) is 0 Å². The summed E-state index contributed by atoms with van der Waals surface area (Å²) in [6.07, 6.45) is 19.1. The van der Waals surface area contributed by atoms with Crippen molar-refractivity contribution in [3.8, 4) is 0 Å². The molecule has 0 amide bonds. The summed E-state index contributed by atoms with van der Waals surface area (Å²) in [5, 5.41) is 9.35. The molecule has 0 saturated heterocycles. The number of unbranched alkanes of at least 4 members (excludes halogenated alkanes) is 14. The van der Waals surface area contributed by atoms with Crippen molar-refractivity contribution < 1.29 is 19.1 Å². The van der Waals surface area contributed by atoms with Crippen molar-refractivity contribution in [3.63, 3.8) is 0 Å². The van der Waals surface area contributed by atoms with E-state index in [-0.39, 0.29) is 13.0 Å². The monoisotopic (exact) mass is 580 g/mol. The van der Waals surface area contributed by atoms with Crippen LogP contribution in [0.2, 0.25) is 0 Å². The molecule has 2 N–H and O–H groups in total. The second-order valence-electron chi connectivity index (χ2n) is 8.96. The molecule has 2 atom stereocenters. The lowest BCUT2D eigenvalue weighted by Gasteiger charge is -2.32. The van der Waals surface area contributed by atoms with E-state index in [0.29, 0.717) is 12.0 Å². The molecule has 32 heavy (non-hydrogen) atoms. The van der Waals surface area contributed by atoms with Gasteiger partial charge in [-0.2, -0.15) is 0 Å². The first-order valence-corrected chi connectivity index (χ1v) is 15.5. The summed E-state index contributed by atoms with van der Waals surface area (Å²) in [5.74, 6) is 0. The highest BCUT2D eigenvalue weighted by Gasteiger charge is 2.48. The molecule has 1 rings (SSSR count). The van der Waals surface area contributed by atoms with Gasteiger partial charge in [-0.25, -0.2) is 0 Å². The first-order chi connectivity index (χ1) is 15.4. The molecule has 0 spiro atoms. The number of hydrogen-bond acceptors (Lipinski definition) is 3. The van der Waals surface area contributed by atoms with Gasteiger partial charge in [0.05, 0.1) is 6.61 Å². The minimum Gasteiger partial charge on any atom is -0.373 e. The van der Waals surface area contributed by atoms with E-state index in [1.165, 1.54) is 77.0 Å². The van der Waals surface area contributed by atoms with Gasteiger partial charge in [-0.1, -0.05) is 109 Å². The van der Waals surface area contributed by atoms with E-state index in [0.717, 1.165) is 16.4 Å². The lowest BCUT2D eigenvalue weighted by atomic mass is 10.0. The van der Waals surface area contributed by atoms with E-state index in [1.54, 1.807) is 19.1 Å². The largest absolute Gasteiger partial charge is 0.373 e. The van der Waals surface area contributed by atoms with Crippen molar-refractivity contribution in [3.05, 3.63) is 33.4 Å². The number of benzene rings is 1. The molecule has 0 aliphatic rings. The molecule has 0 aromatic heterocycles. The zero-order valence-corrected chi connectivity index (χ0v) is 23.4. The maximum absolute atomic E-state index is 12.8. The molecule has 0 radical (unpaired) electrons. The summed E-state index contributed by atoms with van der Waals surface area (Å²) in [7, 11) is -4.19. The van der Waals surface area contributed by atoms with Crippen molar-refractivity contribution in [2.45, 2.75) is 122 Å². The number of hydrogen-bond donors (Lipinski definition) is 2. The Labute approximate surface area is 210 Å². The summed E-state index contributed by atoms with van der Waals surface area (Å²) in [4.78, 5) is 10.5. The molecular formula is C26H46IO4P. The minimum absolute atomic E-state index is 0.0965. The van der Waals surface area contributed by atoms with E-state index < -0.39 is 12.9 Å². The summed E-state index contributed by atoms with van der Waals surface area (Å²) in [6, 6.07) is 7.16. The molecule has 0 aliphatic carbocycles. The first kappa shape index (κ1) is 30.1. The molecule has 0 saturated carbocycles. The zero-order chi connectivity index (χ0) is 23.7. The smallest absolute Gasteiger partial charge is 0.363 e. The highest BCUT2D eigenvalue weighted by atomic mass is 127. The van der Waals surface area contributed by atoms with Gasteiger partial charge in [0.25, 0.3) is 0 Å². The number of rotatable bonds is 20. The molecule has 0 heterocycles. The normalized spacial score (nSPS) is 15.4. The van der Waals surface area contributed by atoms with Crippen LogP contribution in [0.1, 0.15) is 122 Å². The maximum Gasteiger partial charge on any atom is 0.363 e. The molecule has 186 valence electrons. The number of halogens is 1. The SMILES string of the molecule is CCCCCCCCCCCCCCCCCC(O)(c1ccc(I)cc1)P(=O)(O)OCC. The third kappa shape index (κ3) is 11.5. The average Bonchev–Trinajstić information content (AvgIpc) is 2.76. The second-order valence-corrected chi connectivity index (χ2v) is 12.2. The Morgan fingerprint density at radius 1 is 0.781 bits per heavy atom. The summed E-state index contributed by atoms with van der Waals surface area (Å²) < 4.78 is 18.9. The van der Waals surface area contributed by atoms with Crippen molar-refractivity contribution in [1.82, 2.24) is 0 Å². The third-order valence-corrected chi connectivity index (χ3v) is 8.95. The van der Waals surface area contributed by atoms with Gasteiger partial charge in [-0.3, -0.25) is 4.57 Å². The van der Waals surface area contributed by atoms with E-state index in [4.69, 9.17) is 4.52 Å². The summed E-state index contributed by atoms with van der Waals surface area (Å²) >= 11 is 2.18. The molecule has 0 bridgehead atoms. The Kier molecular flexibility index (Phi) is 16.4. The quantitative estimate of drug-likeness (QED) is 0.0918. The van der Waals surface area contributed by atoms with Crippen LogP contribution >= 0.6 is 30.2 Å². The van der Waals surface area contributed by atoms with E-state index in [2.05, 4.69) is 29.5 Å². The average molecular weight is 581 g/mol. The van der Waals surface area contributed by atoms with Gasteiger partial charge >= 0.3 is 7.60 Å². The predicted molar refractivity (Wildman–Crippen MR) is 144 cm³/mol. The highest BCUT2D eigenvalue weighted by Crippen LogP contribution is 2.61. The van der Waals surface area contributed by atoms with Crippen LogP contribution in [0.3, 0.4) is 0 Å². The molecule has 2 unspecified atom stereocenters. The van der Waals surface area contributed by atoms with E-state index >= 15 is 0 Å². The van der Waals surface area contributed by atoms with E-state index in [1.807, 2.05) is 12.1 Å². The molecular weight excluding hydrogens is 534 g/mol. The van der Waals surface area contributed by atoms with Crippen LogP contribution in [-0.4, -0.2) is 16.6 Å². The molecule has 0 fully saturated rings. The Morgan fingerprint density at radius 2 is 1.19 bits per heavy atom. The van der Waals surface area contributed by atoms with Gasteiger partial charge in [-0.05, 0) is 60.1 Å². The maximum atomic E-state index is 12.8. The highest BCUT2D eigenvalue weighted by molar-refractivity contribution is 14.1. The Morgan fingerprint density at radius 3 is 1.59 bits per heavy atom. The predicted octanol–water partition coefficient (Wildman–Crippen LogP) is 8.92. The molecule has 1 aromatic rings. The standard InChI is InChI=1S/C26H46IO4P/c1-3-5-6-7-8-9-10-11-12-13-14-15-16-17-18-23-26(28,32(29,30)31-4-2)24-19-21-25(27)22-20-24/h19-22,28H,3-18,23H2,1-2H3,(H,29,30). The van der Waals surface area contributed by atoms with Crippen molar-refractivity contribution in [2.75, 3.05) is 6.61 Å². The van der Waals surface area contributed by atoms with Crippen LogP contribution < -0.4 is 0 Å². The van der Waals surface area contributed by atoms with Crippen LogP contribution in [0.4, 0.5) is 0 Å². The molecule has 0 aliphatic heterocycles.